The fourth-order valence-corrected chi connectivity index (χ4v) is 3.14. The van der Waals surface area contributed by atoms with E-state index in [1.807, 2.05) is 18.5 Å². The van der Waals surface area contributed by atoms with Crippen molar-refractivity contribution in [2.24, 2.45) is 0 Å². The van der Waals surface area contributed by atoms with Crippen LogP contribution < -0.4 is 16.3 Å². The second-order valence-electron chi connectivity index (χ2n) is 6.54. The van der Waals surface area contributed by atoms with E-state index < -0.39 is 25.6 Å². The minimum absolute atomic E-state index is 0.300. The lowest BCUT2D eigenvalue weighted by molar-refractivity contribution is -0.652. The number of hydrogen-bond acceptors (Lipinski definition) is 8. The number of benzene rings is 2. The molecule has 1 heterocycles. The molecule has 0 spiro atoms. The van der Waals surface area contributed by atoms with Crippen molar-refractivity contribution in [3.8, 4) is 0 Å². The van der Waals surface area contributed by atoms with Crippen molar-refractivity contribution in [1.82, 2.24) is 9.78 Å². The van der Waals surface area contributed by atoms with Crippen LogP contribution in [0.3, 0.4) is 0 Å². The summed E-state index contributed by atoms with van der Waals surface area (Å²) in [5.74, 6) is 7.59. The van der Waals surface area contributed by atoms with E-state index in [1.165, 1.54) is 11.1 Å². The smallest absolute Gasteiger partial charge is 0.295 e. The van der Waals surface area contributed by atoms with Gasteiger partial charge in [0.1, 0.15) is 16.7 Å². The van der Waals surface area contributed by atoms with Gasteiger partial charge < -0.3 is 10.3 Å². The summed E-state index contributed by atoms with van der Waals surface area (Å²) >= 11 is 0. The molecule has 12 heteroatoms. The minimum Gasteiger partial charge on any atom is -0.744 e. The van der Waals surface area contributed by atoms with E-state index in [-0.39, 0.29) is 5.69 Å². The Balaban J connectivity index is 0.000000216. The van der Waals surface area contributed by atoms with Gasteiger partial charge in [0.15, 0.2) is 0 Å². The number of nitrogens with two attached hydrogens (primary N) is 2. The van der Waals surface area contributed by atoms with Crippen molar-refractivity contribution < 1.29 is 22.6 Å². The highest BCUT2D eigenvalue weighted by Gasteiger charge is 2.17. The van der Waals surface area contributed by atoms with E-state index in [4.69, 9.17) is 11.6 Å². The summed E-state index contributed by atoms with van der Waals surface area (Å²) in [5.41, 5.74) is 6.88. The van der Waals surface area contributed by atoms with Gasteiger partial charge in [0.25, 0.3) is 17.3 Å². The molecule has 0 fully saturated rings. The first kappa shape index (κ1) is 22.8. The van der Waals surface area contributed by atoms with Crippen LogP contribution in [0.2, 0.25) is 0 Å². The van der Waals surface area contributed by atoms with Gasteiger partial charge in [-0.1, -0.05) is 29.8 Å². The molecule has 0 bridgehead atoms. The highest BCUT2D eigenvalue weighted by atomic mass is 32.2. The Morgan fingerprint density at radius 2 is 1.73 bits per heavy atom. The van der Waals surface area contributed by atoms with E-state index in [9.17, 15) is 23.1 Å². The van der Waals surface area contributed by atoms with Crippen molar-refractivity contribution in [2.45, 2.75) is 32.2 Å². The average molecular weight is 434 g/mol. The van der Waals surface area contributed by atoms with E-state index in [0.29, 0.717) is 6.07 Å². The highest BCUT2D eigenvalue weighted by molar-refractivity contribution is 7.86. The fourth-order valence-electron chi connectivity index (χ4n) is 2.52. The molecular weight excluding hydrogens is 412 g/mol. The number of non-ortho nitro benzene ring substituents is 1. The Morgan fingerprint density at radius 3 is 2.20 bits per heavy atom. The van der Waals surface area contributed by atoms with Crippen LogP contribution in [0.5, 0.6) is 0 Å². The number of rotatable bonds is 4. The number of aryl methyl sites for hydroxylation is 2. The zero-order valence-corrected chi connectivity index (χ0v) is 17.5. The number of anilines is 1. The molecule has 160 valence electrons. The van der Waals surface area contributed by atoms with Crippen LogP contribution in [0.25, 0.3) is 0 Å². The maximum Gasteiger partial charge on any atom is 0.295 e. The molecule has 0 atom stereocenters. The molecule has 2 aromatic carbocycles. The van der Waals surface area contributed by atoms with E-state index >= 15 is 0 Å². The summed E-state index contributed by atoms with van der Waals surface area (Å²) in [6, 6.07) is 11.1. The van der Waals surface area contributed by atoms with Gasteiger partial charge in [-0.15, -0.1) is 9.36 Å². The maximum absolute atomic E-state index is 10.6. The molecule has 11 nitrogen and oxygen atoms in total. The topological polar surface area (TPSA) is 174 Å². The zero-order chi connectivity index (χ0) is 22.6. The van der Waals surface area contributed by atoms with Gasteiger partial charge in [-0.05, 0) is 18.6 Å². The third kappa shape index (κ3) is 5.52. The average Bonchev–Trinajstić information content (AvgIpc) is 2.90. The maximum atomic E-state index is 10.6. The zero-order valence-electron chi connectivity index (χ0n) is 16.6. The number of nitro benzene ring substituents is 1. The third-order valence-electron chi connectivity index (χ3n) is 4.27. The second kappa shape index (κ2) is 8.88. The summed E-state index contributed by atoms with van der Waals surface area (Å²) in [4.78, 5) is 8.68. The van der Waals surface area contributed by atoms with Gasteiger partial charge >= 0.3 is 0 Å². The van der Waals surface area contributed by atoms with E-state index in [0.717, 1.165) is 30.3 Å². The van der Waals surface area contributed by atoms with Crippen LogP contribution in [0.4, 0.5) is 11.4 Å². The van der Waals surface area contributed by atoms with Gasteiger partial charge in [-0.25, -0.2) is 8.42 Å². The summed E-state index contributed by atoms with van der Waals surface area (Å²) in [6.45, 7) is 6.71. The van der Waals surface area contributed by atoms with Crippen LogP contribution in [0.15, 0.2) is 47.4 Å². The standard InChI is InChI=1S/C12H17N4.C6H6N2O5S/c1-9-4-6-12(7-5-9)8-15-11(3)16(13)10(2)14-15;7-5-2-1-4(8(9)10)3-6(5)14(11,12)13/h4-7H,8,13H2,1-3H3;1-3H,7H2,(H,11,12,13)/q+1;/p-1. The number of nitrogen functional groups attached to an aromatic ring is 2. The monoisotopic (exact) mass is 434 g/mol. The van der Waals surface area contributed by atoms with Crippen LogP contribution in [0.1, 0.15) is 22.8 Å². The summed E-state index contributed by atoms with van der Waals surface area (Å²) in [7, 11) is -4.77. The summed E-state index contributed by atoms with van der Waals surface area (Å²) in [6.07, 6.45) is 0. The number of aromatic nitrogens is 3. The molecule has 0 radical (unpaired) electrons. The van der Waals surface area contributed by atoms with Crippen molar-refractivity contribution in [1.29, 1.82) is 0 Å². The fraction of sp³-hybridized carbons (Fsp3) is 0.222. The molecule has 0 aliphatic rings. The molecule has 30 heavy (non-hydrogen) atoms. The number of nitro groups is 1. The lowest BCUT2D eigenvalue weighted by Crippen LogP contribution is -2.48. The van der Waals surface area contributed by atoms with E-state index in [1.54, 1.807) is 4.68 Å². The Hall–Kier alpha value is -3.51. The predicted octanol–water partition coefficient (Wildman–Crippen LogP) is 0.939. The van der Waals surface area contributed by atoms with Gasteiger partial charge in [-0.3, -0.25) is 16.0 Å². The number of nitrogens with zero attached hydrogens (tertiary/aromatic N) is 4. The minimum atomic E-state index is -4.77. The molecule has 1 aromatic heterocycles. The van der Waals surface area contributed by atoms with Gasteiger partial charge in [-0.2, -0.15) is 0 Å². The van der Waals surface area contributed by atoms with E-state index in [2.05, 4.69) is 36.3 Å². The molecule has 0 aliphatic heterocycles. The summed E-state index contributed by atoms with van der Waals surface area (Å²) < 4.78 is 35.2. The largest absolute Gasteiger partial charge is 0.744 e. The Kier molecular flexibility index (Phi) is 6.74. The molecule has 0 unspecified atom stereocenters. The van der Waals surface area contributed by atoms with Crippen LogP contribution in [-0.4, -0.2) is 27.7 Å². The molecule has 0 saturated carbocycles. The molecule has 4 N–H and O–H groups in total. The first-order valence-electron chi connectivity index (χ1n) is 8.66. The Labute approximate surface area is 173 Å². The first-order chi connectivity index (χ1) is 13.9. The van der Waals surface area contributed by atoms with Crippen LogP contribution in [-0.2, 0) is 16.7 Å². The molecule has 0 aliphatic carbocycles. The highest BCUT2D eigenvalue weighted by Crippen LogP contribution is 2.23. The lowest BCUT2D eigenvalue weighted by Gasteiger charge is -2.08. The Bertz CT molecular complexity index is 1170. The Morgan fingerprint density at radius 1 is 1.13 bits per heavy atom. The molecule has 0 amide bonds. The quantitative estimate of drug-likeness (QED) is 0.152. The predicted molar refractivity (Wildman–Crippen MR) is 108 cm³/mol. The molecule has 3 aromatic rings. The summed E-state index contributed by atoms with van der Waals surface area (Å²) in [5, 5.41) is 14.6. The third-order valence-corrected chi connectivity index (χ3v) is 5.16. The van der Waals surface area contributed by atoms with Crippen molar-refractivity contribution in [3.05, 3.63) is 75.4 Å². The van der Waals surface area contributed by atoms with Gasteiger partial charge in [0.05, 0.1) is 9.82 Å². The lowest BCUT2D eigenvalue weighted by atomic mass is 10.1. The second-order valence-corrected chi connectivity index (χ2v) is 7.89. The SMILES string of the molecule is Cc1ccc(Cn2nc(C)[n+](N)c2C)cc1.Nc1ccc([N+](=O)[O-])cc1S(=O)(=O)[O-]. The van der Waals surface area contributed by atoms with Crippen molar-refractivity contribution in [2.75, 3.05) is 11.6 Å². The van der Waals surface area contributed by atoms with Crippen molar-refractivity contribution >= 4 is 21.5 Å². The molecular formula is C18H22N6O5S. The molecule has 0 saturated heterocycles. The van der Waals surface area contributed by atoms with Crippen LogP contribution >= 0.6 is 0 Å². The van der Waals surface area contributed by atoms with Crippen LogP contribution in [0, 0.1) is 30.9 Å². The van der Waals surface area contributed by atoms with Crippen molar-refractivity contribution in [3.63, 3.8) is 0 Å². The normalized spacial score (nSPS) is 10.9. The molecule has 3 rings (SSSR count). The van der Waals surface area contributed by atoms with Gasteiger partial charge in [0.2, 0.25) is 0 Å². The number of hydrogen-bond donors (Lipinski definition) is 2. The van der Waals surface area contributed by atoms with Gasteiger partial charge in [0, 0.05) is 36.8 Å². The first-order valence-corrected chi connectivity index (χ1v) is 10.1.